The van der Waals surface area contributed by atoms with Crippen LogP contribution in [0.15, 0.2) is 28.9 Å². The van der Waals surface area contributed by atoms with Crippen molar-refractivity contribution < 1.29 is 14.2 Å². The number of carbonyl (C=O) groups is 1. The zero-order valence-corrected chi connectivity index (χ0v) is 10.7. The molecule has 1 heterocycles. The van der Waals surface area contributed by atoms with Crippen molar-refractivity contribution in [3.05, 3.63) is 45.8 Å². The van der Waals surface area contributed by atoms with E-state index in [2.05, 4.69) is 10.6 Å². The minimum absolute atomic E-state index is 0.252. The Balaban J connectivity index is 2.02. The van der Waals surface area contributed by atoms with Gasteiger partial charge in [0.15, 0.2) is 0 Å². The molecule has 0 amide bonds. The van der Waals surface area contributed by atoms with Gasteiger partial charge in [0.05, 0.1) is 21.9 Å². The number of benzene rings is 1. The maximum Gasteiger partial charge on any atom is 0.368 e. The highest BCUT2D eigenvalue weighted by atomic mass is 35.5. The van der Waals surface area contributed by atoms with Crippen LogP contribution in [-0.2, 0) is 4.84 Å². The number of nitrogens with one attached hydrogen (secondary N) is 1. The third-order valence-corrected chi connectivity index (χ3v) is 2.89. The lowest BCUT2D eigenvalue weighted by atomic mass is 10.3. The molecule has 0 saturated heterocycles. The van der Waals surface area contributed by atoms with Gasteiger partial charge in [-0.3, -0.25) is 0 Å². The Bertz CT molecular complexity index is 583. The molecule has 0 bridgehead atoms. The summed E-state index contributed by atoms with van der Waals surface area (Å²) in [6, 6.07) is 4.75. The van der Waals surface area contributed by atoms with Crippen LogP contribution >= 0.6 is 23.2 Å². The Labute approximate surface area is 113 Å². The maximum atomic E-state index is 11.6. The first-order chi connectivity index (χ1) is 8.58. The van der Waals surface area contributed by atoms with Gasteiger partial charge in [-0.25, -0.2) is 10.3 Å². The minimum atomic E-state index is -0.597. The van der Waals surface area contributed by atoms with Crippen LogP contribution in [0.2, 0.25) is 10.0 Å². The number of carbonyl (C=O) groups excluding carboxylic acids is 1. The molecule has 0 saturated carbocycles. The summed E-state index contributed by atoms with van der Waals surface area (Å²) in [5, 5.41) is 4.26. The van der Waals surface area contributed by atoms with E-state index in [1.165, 1.54) is 12.3 Å². The average Bonchev–Trinajstić information content (AvgIpc) is 2.77. The number of hydrogen-bond donors (Lipinski definition) is 1. The predicted octanol–water partition coefficient (Wildman–Crippen LogP) is 3.47. The fourth-order valence-electron chi connectivity index (χ4n) is 1.21. The molecule has 0 aliphatic carbocycles. The van der Waals surface area contributed by atoms with Crippen LogP contribution in [0.1, 0.15) is 16.1 Å². The molecule has 0 spiro atoms. The number of nitrogens with zero attached hydrogens (tertiary/aromatic N) is 1. The van der Waals surface area contributed by atoms with Gasteiger partial charge in [-0.05, 0) is 25.1 Å². The van der Waals surface area contributed by atoms with Crippen LogP contribution in [0.4, 0.5) is 5.69 Å². The van der Waals surface area contributed by atoms with E-state index in [0.29, 0.717) is 21.5 Å². The van der Waals surface area contributed by atoms with Crippen LogP contribution in [0.25, 0.3) is 0 Å². The lowest BCUT2D eigenvalue weighted by Crippen LogP contribution is -2.10. The molecule has 5 nitrogen and oxygen atoms in total. The molecule has 1 aromatic heterocycles. The van der Waals surface area contributed by atoms with Gasteiger partial charge in [0, 0.05) is 0 Å². The van der Waals surface area contributed by atoms with Crippen LogP contribution in [0.3, 0.4) is 0 Å². The van der Waals surface area contributed by atoms with Gasteiger partial charge >= 0.3 is 5.97 Å². The first-order valence-corrected chi connectivity index (χ1v) is 5.67. The van der Waals surface area contributed by atoms with Crippen molar-refractivity contribution in [1.82, 2.24) is 5.16 Å². The smallest absolute Gasteiger partial charge is 0.361 e. The second kappa shape index (κ2) is 5.29. The molecule has 2 rings (SSSR count). The fraction of sp³-hybridized carbons (Fsp3) is 0.0909. The molecule has 18 heavy (non-hydrogen) atoms. The summed E-state index contributed by atoms with van der Waals surface area (Å²) in [5.41, 5.74) is 3.22. The molecular formula is C11H8Cl2N2O3. The minimum Gasteiger partial charge on any atom is -0.361 e. The topological polar surface area (TPSA) is 64.4 Å². The lowest BCUT2D eigenvalue weighted by Gasteiger charge is -2.06. The zero-order chi connectivity index (χ0) is 13.1. The Hall–Kier alpha value is -1.72. The van der Waals surface area contributed by atoms with Crippen molar-refractivity contribution in [2.45, 2.75) is 6.92 Å². The number of aryl methyl sites for hydroxylation is 1. The summed E-state index contributed by atoms with van der Waals surface area (Å²) in [6.07, 6.45) is 1.29. The molecule has 0 unspecified atom stereocenters. The standard InChI is InChI=1S/C11H8Cl2N2O3/c1-6-8(5-14-17-6)11(16)18-15-7-2-3-9(12)10(13)4-7/h2-5,15H,1H3. The molecule has 2 aromatic rings. The van der Waals surface area contributed by atoms with Crippen LogP contribution in [-0.4, -0.2) is 11.1 Å². The molecule has 0 fully saturated rings. The van der Waals surface area contributed by atoms with E-state index in [-0.39, 0.29) is 5.56 Å². The molecule has 0 aliphatic rings. The SMILES string of the molecule is Cc1oncc1C(=O)ONc1ccc(Cl)c(Cl)c1. The quantitative estimate of drug-likeness (QED) is 0.875. The first kappa shape index (κ1) is 12.7. The summed E-state index contributed by atoms with van der Waals surface area (Å²) in [7, 11) is 0. The summed E-state index contributed by atoms with van der Waals surface area (Å²) < 4.78 is 4.76. The van der Waals surface area contributed by atoms with Crippen molar-refractivity contribution >= 4 is 34.9 Å². The fourth-order valence-corrected chi connectivity index (χ4v) is 1.51. The average molecular weight is 287 g/mol. The van der Waals surface area contributed by atoms with Gasteiger partial charge in [-0.2, -0.15) is 0 Å². The Kier molecular flexibility index (Phi) is 3.74. The Morgan fingerprint density at radius 3 is 2.78 bits per heavy atom. The normalized spacial score (nSPS) is 10.2. The summed E-state index contributed by atoms with van der Waals surface area (Å²) >= 11 is 11.6. The highest BCUT2D eigenvalue weighted by molar-refractivity contribution is 6.42. The van der Waals surface area contributed by atoms with Crippen LogP contribution in [0.5, 0.6) is 0 Å². The first-order valence-electron chi connectivity index (χ1n) is 4.91. The van der Waals surface area contributed by atoms with E-state index in [0.717, 1.165) is 0 Å². The molecule has 0 aliphatic heterocycles. The number of rotatable bonds is 3. The van der Waals surface area contributed by atoms with Gasteiger partial charge in [0.2, 0.25) is 0 Å². The molecule has 7 heteroatoms. The number of anilines is 1. The zero-order valence-electron chi connectivity index (χ0n) is 9.24. The van der Waals surface area contributed by atoms with Gasteiger partial charge in [0.1, 0.15) is 11.3 Å². The number of halogens is 2. The molecule has 0 atom stereocenters. The number of hydrogen-bond acceptors (Lipinski definition) is 5. The van der Waals surface area contributed by atoms with E-state index < -0.39 is 5.97 Å². The van der Waals surface area contributed by atoms with Gasteiger partial charge in [0.25, 0.3) is 0 Å². The molecular weight excluding hydrogens is 279 g/mol. The van der Waals surface area contributed by atoms with Gasteiger partial charge in [-0.1, -0.05) is 28.4 Å². The maximum absolute atomic E-state index is 11.6. The van der Waals surface area contributed by atoms with E-state index in [1.54, 1.807) is 19.1 Å². The second-order valence-corrected chi connectivity index (χ2v) is 4.23. The predicted molar refractivity (Wildman–Crippen MR) is 66.7 cm³/mol. The van der Waals surface area contributed by atoms with Gasteiger partial charge < -0.3 is 9.36 Å². The highest BCUT2D eigenvalue weighted by Crippen LogP contribution is 2.25. The Morgan fingerprint density at radius 1 is 1.39 bits per heavy atom. The monoisotopic (exact) mass is 286 g/mol. The van der Waals surface area contributed by atoms with Gasteiger partial charge in [-0.15, -0.1) is 0 Å². The third-order valence-electron chi connectivity index (χ3n) is 2.15. The number of aromatic nitrogens is 1. The second-order valence-electron chi connectivity index (χ2n) is 3.42. The van der Waals surface area contributed by atoms with E-state index in [1.807, 2.05) is 0 Å². The lowest BCUT2D eigenvalue weighted by molar-refractivity contribution is 0.0594. The molecule has 94 valence electrons. The third kappa shape index (κ3) is 2.75. The van der Waals surface area contributed by atoms with Crippen molar-refractivity contribution in [3.63, 3.8) is 0 Å². The van der Waals surface area contributed by atoms with Crippen molar-refractivity contribution in [3.8, 4) is 0 Å². The summed E-state index contributed by atoms with van der Waals surface area (Å²) in [6.45, 7) is 1.61. The largest absolute Gasteiger partial charge is 0.368 e. The van der Waals surface area contributed by atoms with Crippen molar-refractivity contribution in [2.24, 2.45) is 0 Å². The molecule has 1 N–H and O–H groups in total. The summed E-state index contributed by atoms with van der Waals surface area (Å²) in [5.74, 6) is -0.212. The molecule has 0 radical (unpaired) electrons. The van der Waals surface area contributed by atoms with Crippen molar-refractivity contribution in [1.29, 1.82) is 0 Å². The van der Waals surface area contributed by atoms with Crippen LogP contribution in [0, 0.1) is 6.92 Å². The summed E-state index contributed by atoms with van der Waals surface area (Å²) in [4.78, 5) is 16.5. The molecule has 1 aromatic carbocycles. The highest BCUT2D eigenvalue weighted by Gasteiger charge is 2.14. The van der Waals surface area contributed by atoms with Crippen LogP contribution < -0.4 is 5.48 Å². The van der Waals surface area contributed by atoms with Crippen molar-refractivity contribution in [2.75, 3.05) is 5.48 Å². The Morgan fingerprint density at radius 2 is 2.17 bits per heavy atom. The van der Waals surface area contributed by atoms with E-state index >= 15 is 0 Å². The van der Waals surface area contributed by atoms with E-state index in [4.69, 9.17) is 32.6 Å². The van der Waals surface area contributed by atoms with E-state index in [9.17, 15) is 4.79 Å².